The maximum Gasteiger partial charge on any atom is 0.338 e. The summed E-state index contributed by atoms with van der Waals surface area (Å²) in [5.41, 5.74) is 0.510. The van der Waals surface area contributed by atoms with Gasteiger partial charge in [0.15, 0.2) is 0 Å². The van der Waals surface area contributed by atoms with Crippen LogP contribution in [0.25, 0.3) is 0 Å². The zero-order valence-corrected chi connectivity index (χ0v) is 10.4. The Morgan fingerprint density at radius 3 is 2.35 bits per heavy atom. The molecule has 0 radical (unpaired) electrons. The molecule has 4 nitrogen and oxygen atoms in total. The molecule has 0 fully saturated rings. The molecular weight excluding hydrogens is 220 g/mol. The molecule has 0 unspecified atom stereocenters. The summed E-state index contributed by atoms with van der Waals surface area (Å²) >= 11 is 0. The maximum atomic E-state index is 11.6. The Kier molecular flexibility index (Phi) is 5.49. The average Bonchev–Trinajstić information content (AvgIpc) is 2.34. The van der Waals surface area contributed by atoms with E-state index in [0.717, 1.165) is 0 Å². The molecule has 0 amide bonds. The lowest BCUT2D eigenvalue weighted by Crippen LogP contribution is -2.13. The Labute approximate surface area is 101 Å². The number of hydrogen-bond acceptors (Lipinski definition) is 4. The van der Waals surface area contributed by atoms with Gasteiger partial charge >= 0.3 is 5.97 Å². The van der Waals surface area contributed by atoms with E-state index in [1.165, 1.54) is 0 Å². The van der Waals surface area contributed by atoms with Crippen molar-refractivity contribution in [2.24, 2.45) is 0 Å². The van der Waals surface area contributed by atoms with Crippen LogP contribution in [0.1, 0.15) is 24.2 Å². The second kappa shape index (κ2) is 6.91. The summed E-state index contributed by atoms with van der Waals surface area (Å²) in [5, 5.41) is 0. The van der Waals surface area contributed by atoms with Gasteiger partial charge in [-0.15, -0.1) is 0 Å². The zero-order valence-electron chi connectivity index (χ0n) is 10.4. The van der Waals surface area contributed by atoms with Crippen LogP contribution in [0.2, 0.25) is 0 Å². The number of hydrogen-bond donors (Lipinski definition) is 0. The molecule has 0 aliphatic rings. The molecule has 0 heterocycles. The van der Waals surface area contributed by atoms with Gasteiger partial charge < -0.3 is 14.2 Å². The van der Waals surface area contributed by atoms with E-state index >= 15 is 0 Å². The van der Waals surface area contributed by atoms with E-state index in [2.05, 4.69) is 0 Å². The summed E-state index contributed by atoms with van der Waals surface area (Å²) in [6.07, 6.45) is 0.148. The van der Waals surface area contributed by atoms with Crippen LogP contribution in [0.15, 0.2) is 24.3 Å². The molecule has 1 aromatic carbocycles. The lowest BCUT2D eigenvalue weighted by atomic mass is 10.2. The summed E-state index contributed by atoms with van der Waals surface area (Å²) in [7, 11) is 1.58. The highest BCUT2D eigenvalue weighted by Gasteiger charge is 2.06. The number of carbonyl (C=O) groups is 1. The molecule has 0 spiro atoms. The van der Waals surface area contributed by atoms with Crippen molar-refractivity contribution in [2.75, 3.05) is 20.3 Å². The summed E-state index contributed by atoms with van der Waals surface area (Å²) in [6.45, 7) is 4.55. The Morgan fingerprint density at radius 2 is 1.82 bits per heavy atom. The molecule has 4 heteroatoms. The van der Waals surface area contributed by atoms with Gasteiger partial charge in [-0.1, -0.05) is 0 Å². The molecular formula is C13H18O4. The predicted octanol–water partition coefficient (Wildman–Crippen LogP) is 2.28. The fraction of sp³-hybridized carbons (Fsp3) is 0.462. The van der Waals surface area contributed by atoms with Gasteiger partial charge in [0.1, 0.15) is 12.4 Å². The molecule has 94 valence electrons. The van der Waals surface area contributed by atoms with Crippen molar-refractivity contribution in [1.82, 2.24) is 0 Å². The summed E-state index contributed by atoms with van der Waals surface area (Å²) in [5.74, 6) is 0.365. The smallest absolute Gasteiger partial charge is 0.338 e. The van der Waals surface area contributed by atoms with E-state index in [9.17, 15) is 4.79 Å². The fourth-order valence-corrected chi connectivity index (χ4v) is 1.23. The van der Waals surface area contributed by atoms with Gasteiger partial charge in [0.2, 0.25) is 0 Å². The van der Waals surface area contributed by atoms with Crippen molar-refractivity contribution in [2.45, 2.75) is 20.0 Å². The number of ether oxygens (including phenoxy) is 3. The predicted molar refractivity (Wildman–Crippen MR) is 64.4 cm³/mol. The maximum absolute atomic E-state index is 11.6. The number of esters is 1. The molecule has 0 bridgehead atoms. The minimum atomic E-state index is -0.347. The van der Waals surface area contributed by atoms with E-state index in [1.54, 1.807) is 31.4 Å². The first kappa shape index (κ1) is 13.5. The van der Waals surface area contributed by atoms with Gasteiger partial charge in [0.05, 0.1) is 25.4 Å². The van der Waals surface area contributed by atoms with Crippen molar-refractivity contribution >= 4 is 5.97 Å². The van der Waals surface area contributed by atoms with Crippen LogP contribution in [0, 0.1) is 0 Å². The van der Waals surface area contributed by atoms with Crippen LogP contribution in [-0.2, 0) is 9.47 Å². The van der Waals surface area contributed by atoms with E-state index in [1.807, 2.05) is 13.8 Å². The first-order valence-electron chi connectivity index (χ1n) is 5.56. The molecule has 1 aromatic rings. The van der Waals surface area contributed by atoms with Crippen LogP contribution in [0.3, 0.4) is 0 Å². The minimum absolute atomic E-state index is 0.148. The Morgan fingerprint density at radius 1 is 1.18 bits per heavy atom. The van der Waals surface area contributed by atoms with Crippen molar-refractivity contribution in [3.05, 3.63) is 29.8 Å². The first-order valence-corrected chi connectivity index (χ1v) is 5.56. The van der Waals surface area contributed by atoms with Crippen molar-refractivity contribution in [1.29, 1.82) is 0 Å². The second-order valence-corrected chi connectivity index (χ2v) is 3.78. The largest absolute Gasteiger partial charge is 0.497 e. The van der Waals surface area contributed by atoms with Gasteiger partial charge in [-0.3, -0.25) is 0 Å². The molecule has 0 saturated heterocycles. The lowest BCUT2D eigenvalue weighted by Gasteiger charge is -2.08. The highest BCUT2D eigenvalue weighted by Crippen LogP contribution is 2.11. The van der Waals surface area contributed by atoms with Gasteiger partial charge in [0, 0.05) is 0 Å². The molecule has 0 aliphatic heterocycles. The fourth-order valence-electron chi connectivity index (χ4n) is 1.23. The van der Waals surface area contributed by atoms with E-state index < -0.39 is 0 Å². The van der Waals surface area contributed by atoms with Crippen LogP contribution in [0.4, 0.5) is 0 Å². The zero-order chi connectivity index (χ0) is 12.7. The molecule has 1 rings (SSSR count). The SMILES string of the molecule is COc1ccc(C(=O)OCCOC(C)C)cc1. The Bertz CT molecular complexity index is 343. The van der Waals surface area contributed by atoms with Crippen molar-refractivity contribution in [3.63, 3.8) is 0 Å². The Hall–Kier alpha value is -1.55. The van der Waals surface area contributed by atoms with Crippen LogP contribution in [0.5, 0.6) is 5.75 Å². The summed E-state index contributed by atoms with van der Waals surface area (Å²) in [6, 6.07) is 6.79. The lowest BCUT2D eigenvalue weighted by molar-refractivity contribution is 0.0177. The van der Waals surface area contributed by atoms with Gasteiger partial charge in [-0.25, -0.2) is 4.79 Å². The normalized spacial score (nSPS) is 10.4. The third kappa shape index (κ3) is 4.87. The van der Waals surface area contributed by atoms with Crippen molar-refractivity contribution in [3.8, 4) is 5.75 Å². The molecule has 0 aromatic heterocycles. The van der Waals surface area contributed by atoms with Crippen molar-refractivity contribution < 1.29 is 19.0 Å². The topological polar surface area (TPSA) is 44.8 Å². The second-order valence-electron chi connectivity index (χ2n) is 3.78. The molecule has 0 N–H and O–H groups in total. The van der Waals surface area contributed by atoms with E-state index in [4.69, 9.17) is 14.2 Å². The molecule has 0 saturated carbocycles. The molecule has 0 atom stereocenters. The number of methoxy groups -OCH3 is 1. The minimum Gasteiger partial charge on any atom is -0.497 e. The average molecular weight is 238 g/mol. The molecule has 0 aliphatic carbocycles. The van der Waals surface area contributed by atoms with E-state index in [-0.39, 0.29) is 18.7 Å². The molecule has 17 heavy (non-hydrogen) atoms. The third-order valence-electron chi connectivity index (χ3n) is 2.09. The number of benzene rings is 1. The number of carbonyl (C=O) groups excluding carboxylic acids is 1. The highest BCUT2D eigenvalue weighted by atomic mass is 16.6. The van der Waals surface area contributed by atoms with Gasteiger partial charge in [0.25, 0.3) is 0 Å². The van der Waals surface area contributed by atoms with Crippen LogP contribution >= 0.6 is 0 Å². The standard InChI is InChI=1S/C13H18O4/c1-10(2)16-8-9-17-13(14)11-4-6-12(15-3)7-5-11/h4-7,10H,8-9H2,1-3H3. The monoisotopic (exact) mass is 238 g/mol. The summed E-state index contributed by atoms with van der Waals surface area (Å²) in [4.78, 5) is 11.6. The Balaban J connectivity index is 2.36. The van der Waals surface area contributed by atoms with E-state index in [0.29, 0.717) is 17.9 Å². The highest BCUT2D eigenvalue weighted by molar-refractivity contribution is 5.89. The quantitative estimate of drug-likeness (QED) is 0.563. The van der Waals surface area contributed by atoms with Gasteiger partial charge in [-0.05, 0) is 38.1 Å². The van der Waals surface area contributed by atoms with Crippen LogP contribution in [-0.4, -0.2) is 32.4 Å². The number of rotatable bonds is 6. The first-order chi connectivity index (χ1) is 8.13. The van der Waals surface area contributed by atoms with Crippen LogP contribution < -0.4 is 4.74 Å². The third-order valence-corrected chi connectivity index (χ3v) is 2.09. The summed E-state index contributed by atoms with van der Waals surface area (Å²) < 4.78 is 15.3. The van der Waals surface area contributed by atoms with Gasteiger partial charge in [-0.2, -0.15) is 0 Å².